The Morgan fingerprint density at radius 2 is 2.16 bits per heavy atom. The van der Waals surface area contributed by atoms with Gasteiger partial charge in [0.1, 0.15) is 0 Å². The number of methoxy groups -OCH3 is 1. The minimum atomic E-state index is -0.444. The van der Waals surface area contributed by atoms with Gasteiger partial charge in [0.25, 0.3) is 0 Å². The van der Waals surface area contributed by atoms with E-state index in [0.29, 0.717) is 18.5 Å². The highest BCUT2D eigenvalue weighted by molar-refractivity contribution is 7.11. The van der Waals surface area contributed by atoms with E-state index in [1.54, 1.807) is 18.4 Å². The predicted octanol–water partition coefficient (Wildman–Crippen LogP) is 4.07. The molecule has 2 aliphatic heterocycles. The smallest absolute Gasteiger partial charge is 0.231 e. The number of likely N-dealkylation sites (tertiary alicyclic amines) is 1. The van der Waals surface area contributed by atoms with Crippen molar-refractivity contribution < 1.29 is 19.3 Å². The Morgan fingerprint density at radius 3 is 2.94 bits per heavy atom. The average molecular weight is 445 g/mol. The number of benzene rings is 1. The maximum atomic E-state index is 11.2. The molecule has 3 aliphatic rings. The van der Waals surface area contributed by atoms with Crippen LogP contribution in [0.1, 0.15) is 60.5 Å². The zero-order chi connectivity index (χ0) is 21.4. The monoisotopic (exact) mass is 444 g/mol. The lowest BCUT2D eigenvalue weighted by Crippen LogP contribution is -2.35. The van der Waals surface area contributed by atoms with Crippen LogP contribution in [0.5, 0.6) is 11.5 Å². The van der Waals surface area contributed by atoms with E-state index < -0.39 is 6.10 Å². The number of hydrogen-bond donors (Lipinski definition) is 1. The first-order valence-corrected chi connectivity index (χ1v) is 12.2. The Hall–Kier alpha value is -1.67. The maximum absolute atomic E-state index is 11.2. The minimum absolute atomic E-state index is 0.185. The van der Waals surface area contributed by atoms with Crippen molar-refractivity contribution in [1.29, 1.82) is 0 Å². The van der Waals surface area contributed by atoms with Gasteiger partial charge in [0, 0.05) is 42.1 Å². The first-order valence-electron chi connectivity index (χ1n) is 11.4. The lowest BCUT2D eigenvalue weighted by atomic mass is 9.88. The second kappa shape index (κ2) is 8.70. The Balaban J connectivity index is 1.29. The van der Waals surface area contributed by atoms with E-state index in [2.05, 4.69) is 17.9 Å². The summed E-state index contributed by atoms with van der Waals surface area (Å²) < 4.78 is 16.4. The van der Waals surface area contributed by atoms with Gasteiger partial charge in [0.05, 0.1) is 17.7 Å². The van der Waals surface area contributed by atoms with Gasteiger partial charge in [-0.05, 0) is 56.3 Å². The van der Waals surface area contributed by atoms with Gasteiger partial charge in [-0.2, -0.15) is 0 Å². The van der Waals surface area contributed by atoms with E-state index in [4.69, 9.17) is 19.2 Å². The zero-order valence-corrected chi connectivity index (χ0v) is 19.2. The summed E-state index contributed by atoms with van der Waals surface area (Å²) in [6.07, 6.45) is 7.66. The van der Waals surface area contributed by atoms with Crippen molar-refractivity contribution in [2.45, 2.75) is 69.1 Å². The Kier molecular flexibility index (Phi) is 5.94. The molecule has 0 amide bonds. The van der Waals surface area contributed by atoms with Crippen LogP contribution < -0.4 is 9.47 Å². The Morgan fingerprint density at radius 1 is 1.32 bits per heavy atom. The van der Waals surface area contributed by atoms with Crippen LogP contribution in [0.2, 0.25) is 0 Å². The van der Waals surface area contributed by atoms with Gasteiger partial charge >= 0.3 is 0 Å². The van der Waals surface area contributed by atoms with Crippen LogP contribution in [0.3, 0.4) is 0 Å². The number of thiazole rings is 1. The van der Waals surface area contributed by atoms with E-state index in [1.165, 1.54) is 17.7 Å². The third-order valence-corrected chi connectivity index (χ3v) is 8.33. The summed E-state index contributed by atoms with van der Waals surface area (Å²) in [4.78, 5) is 8.61. The summed E-state index contributed by atoms with van der Waals surface area (Å²) in [6, 6.07) is 6.96. The van der Waals surface area contributed by atoms with Crippen LogP contribution in [0, 0.1) is 0 Å². The number of hydrogen-bond acceptors (Lipinski definition) is 7. The molecular formula is C24H32N2O4S. The molecule has 6 nitrogen and oxygen atoms in total. The topological polar surface area (TPSA) is 64.1 Å². The third kappa shape index (κ3) is 3.97. The molecule has 1 aromatic carbocycles. The first kappa shape index (κ1) is 21.2. The summed E-state index contributed by atoms with van der Waals surface area (Å²) in [5.74, 6) is 1.58. The van der Waals surface area contributed by atoms with Crippen molar-refractivity contribution in [3.63, 3.8) is 0 Å². The van der Waals surface area contributed by atoms with Crippen LogP contribution >= 0.6 is 11.3 Å². The lowest BCUT2D eigenvalue weighted by Gasteiger charge is -2.31. The molecule has 2 aromatic rings. The van der Waals surface area contributed by atoms with E-state index >= 15 is 0 Å². The average Bonchev–Trinajstić information content (AvgIpc) is 3.10. The van der Waals surface area contributed by atoms with Crippen molar-refractivity contribution in [3.05, 3.63) is 39.8 Å². The largest absolute Gasteiger partial charge is 0.454 e. The fourth-order valence-corrected chi connectivity index (χ4v) is 6.49. The summed E-state index contributed by atoms with van der Waals surface area (Å²) in [5.41, 5.74) is 0.960. The molecule has 1 N–H and O–H groups in total. The molecule has 2 unspecified atom stereocenters. The standard InChI is InChI=1S/C24H32N2O4S/c1-3-18(26-10-4-5-17(26)14-28-2)21-13-25-23(31-21)12-22(27)24(8-9-24)16-6-7-19-20(11-16)30-15-29-19/h6-7,11,13,17-18,22,27H,3-5,8-10,12,14-15H2,1-2H3/t17-,18?,22?/m0/s1. The van der Waals surface area contributed by atoms with Crippen LogP contribution in [0.15, 0.2) is 24.4 Å². The number of aliphatic hydroxyl groups is 1. The van der Waals surface area contributed by atoms with E-state index in [1.807, 2.05) is 18.3 Å². The van der Waals surface area contributed by atoms with E-state index in [-0.39, 0.29) is 12.2 Å². The molecule has 3 heterocycles. The summed E-state index contributed by atoms with van der Waals surface area (Å²) in [7, 11) is 1.79. The van der Waals surface area contributed by atoms with E-state index in [0.717, 1.165) is 54.5 Å². The van der Waals surface area contributed by atoms with Gasteiger partial charge in [-0.15, -0.1) is 11.3 Å². The van der Waals surface area contributed by atoms with Gasteiger partial charge in [-0.1, -0.05) is 13.0 Å². The molecule has 0 radical (unpaired) electrons. The molecule has 0 bridgehead atoms. The molecule has 0 spiro atoms. The summed E-state index contributed by atoms with van der Waals surface area (Å²) in [6.45, 7) is 4.44. The van der Waals surface area contributed by atoms with Gasteiger partial charge in [0.15, 0.2) is 11.5 Å². The van der Waals surface area contributed by atoms with Gasteiger partial charge in [-0.3, -0.25) is 4.90 Å². The van der Waals surface area contributed by atoms with Crippen LogP contribution in [0.4, 0.5) is 0 Å². The Bertz CT molecular complexity index is 913. The van der Waals surface area contributed by atoms with Crippen molar-refractivity contribution in [2.24, 2.45) is 0 Å². The second-order valence-corrected chi connectivity index (χ2v) is 10.2. The number of fused-ring (bicyclic) bond motifs is 1. The van der Waals surface area contributed by atoms with Gasteiger partial charge in [-0.25, -0.2) is 4.98 Å². The number of nitrogens with zero attached hydrogens (tertiary/aromatic N) is 2. The maximum Gasteiger partial charge on any atom is 0.231 e. The van der Waals surface area contributed by atoms with Crippen LogP contribution in [-0.4, -0.2) is 54.2 Å². The van der Waals surface area contributed by atoms with Crippen molar-refractivity contribution in [3.8, 4) is 11.5 Å². The molecule has 5 rings (SSSR count). The Labute approximate surface area is 188 Å². The van der Waals surface area contributed by atoms with Crippen molar-refractivity contribution in [1.82, 2.24) is 9.88 Å². The number of ether oxygens (including phenoxy) is 3. The molecule has 3 atom stereocenters. The fourth-order valence-electron chi connectivity index (χ4n) is 5.33. The third-order valence-electron chi connectivity index (χ3n) is 7.21. The predicted molar refractivity (Wildman–Crippen MR) is 120 cm³/mol. The van der Waals surface area contributed by atoms with E-state index in [9.17, 15) is 5.11 Å². The molecule has 31 heavy (non-hydrogen) atoms. The molecule has 2 fully saturated rings. The normalized spacial score (nSPS) is 23.8. The minimum Gasteiger partial charge on any atom is -0.454 e. The molecule has 1 saturated heterocycles. The number of aromatic nitrogens is 1. The van der Waals surface area contributed by atoms with Crippen LogP contribution in [-0.2, 0) is 16.6 Å². The van der Waals surface area contributed by atoms with Gasteiger partial charge in [0.2, 0.25) is 6.79 Å². The number of rotatable bonds is 9. The molecule has 168 valence electrons. The SMILES string of the molecule is CCC(c1cnc(CC(O)C2(c3ccc4c(c3)OCO4)CC2)s1)N1CCC[C@H]1COC. The zero-order valence-electron chi connectivity index (χ0n) is 18.4. The van der Waals surface area contributed by atoms with Crippen molar-refractivity contribution in [2.75, 3.05) is 27.1 Å². The van der Waals surface area contributed by atoms with Crippen molar-refractivity contribution >= 4 is 11.3 Å². The van der Waals surface area contributed by atoms with Crippen LogP contribution in [0.25, 0.3) is 0 Å². The van der Waals surface area contributed by atoms with Gasteiger partial charge < -0.3 is 19.3 Å². The fraction of sp³-hybridized carbons (Fsp3) is 0.625. The number of aliphatic hydroxyl groups excluding tert-OH is 1. The quantitative estimate of drug-likeness (QED) is 0.629. The lowest BCUT2D eigenvalue weighted by molar-refractivity contribution is 0.0880. The molecule has 1 saturated carbocycles. The molecular weight excluding hydrogens is 412 g/mol. The highest BCUT2D eigenvalue weighted by Crippen LogP contribution is 2.53. The highest BCUT2D eigenvalue weighted by Gasteiger charge is 2.50. The highest BCUT2D eigenvalue weighted by atomic mass is 32.1. The molecule has 1 aromatic heterocycles. The molecule has 7 heteroatoms. The first-order chi connectivity index (χ1) is 15.1. The second-order valence-electron chi connectivity index (χ2n) is 9.01. The summed E-state index contributed by atoms with van der Waals surface area (Å²) in [5, 5.41) is 12.2. The molecule has 1 aliphatic carbocycles. The summed E-state index contributed by atoms with van der Waals surface area (Å²) >= 11 is 1.76.